The van der Waals surface area contributed by atoms with Gasteiger partial charge in [-0.15, -0.1) is 0 Å². The second-order valence-corrected chi connectivity index (χ2v) is 10.7. The Morgan fingerprint density at radius 2 is 1.64 bits per heavy atom. The van der Waals surface area contributed by atoms with E-state index in [-0.39, 0.29) is 5.91 Å². The SMILES string of the molecule is O=C(/C=C/c1ccc(Cl)c(Cl)c1)NCCCCCN1CCC(NC(=S)Nc2ccc(Cl)c(Cl)c2)CC1. The summed E-state index contributed by atoms with van der Waals surface area (Å²) in [5.41, 5.74) is 1.65. The van der Waals surface area contributed by atoms with Crippen LogP contribution >= 0.6 is 58.6 Å². The van der Waals surface area contributed by atoms with Gasteiger partial charge in [-0.1, -0.05) is 58.9 Å². The first-order chi connectivity index (χ1) is 17.3. The fourth-order valence-corrected chi connectivity index (χ4v) is 4.81. The van der Waals surface area contributed by atoms with Gasteiger partial charge in [-0.2, -0.15) is 0 Å². The fraction of sp³-hybridized carbons (Fsp3) is 0.385. The molecule has 2 aromatic rings. The molecule has 3 N–H and O–H groups in total. The number of halogens is 4. The van der Waals surface area contributed by atoms with Crippen LogP contribution < -0.4 is 16.0 Å². The molecule has 0 saturated carbocycles. The summed E-state index contributed by atoms with van der Waals surface area (Å²) in [4.78, 5) is 14.5. The number of nitrogens with zero attached hydrogens (tertiary/aromatic N) is 1. The van der Waals surface area contributed by atoms with Crippen LogP contribution in [0.2, 0.25) is 20.1 Å². The Morgan fingerprint density at radius 1 is 0.944 bits per heavy atom. The lowest BCUT2D eigenvalue weighted by atomic mass is 10.0. The first kappa shape index (κ1) is 29.0. The molecule has 0 bridgehead atoms. The number of hydrogen-bond acceptors (Lipinski definition) is 3. The number of piperidine rings is 1. The minimum absolute atomic E-state index is 0.109. The van der Waals surface area contributed by atoms with E-state index in [9.17, 15) is 4.79 Å². The number of unbranched alkanes of at least 4 members (excludes halogenated alkanes) is 2. The molecule has 5 nitrogen and oxygen atoms in total. The van der Waals surface area contributed by atoms with Gasteiger partial charge in [0.15, 0.2) is 5.11 Å². The van der Waals surface area contributed by atoms with E-state index in [4.69, 9.17) is 58.6 Å². The third kappa shape index (κ3) is 10.1. The van der Waals surface area contributed by atoms with E-state index in [2.05, 4.69) is 20.9 Å². The molecule has 2 aromatic carbocycles. The molecule has 36 heavy (non-hydrogen) atoms. The summed E-state index contributed by atoms with van der Waals surface area (Å²) in [7, 11) is 0. The average molecular weight is 588 g/mol. The van der Waals surface area contributed by atoms with E-state index in [0.717, 1.165) is 63.0 Å². The van der Waals surface area contributed by atoms with Crippen molar-refractivity contribution in [3.05, 3.63) is 68.1 Å². The summed E-state index contributed by atoms with van der Waals surface area (Å²) >= 11 is 29.4. The normalized spacial score (nSPS) is 14.7. The molecule has 0 spiro atoms. The lowest BCUT2D eigenvalue weighted by molar-refractivity contribution is -0.116. The van der Waals surface area contributed by atoms with Gasteiger partial charge in [-0.25, -0.2) is 0 Å². The standard InChI is InChI=1S/C26H30Cl4N4OS/c27-21-7-4-18(16-23(21)29)5-9-25(35)31-12-2-1-3-13-34-14-10-19(11-15-34)32-26(36)33-20-6-8-22(28)24(30)17-20/h4-9,16-17,19H,1-3,10-15H2,(H,31,35)(H2,32,33,36)/b9-5+. The highest BCUT2D eigenvalue weighted by molar-refractivity contribution is 7.80. The van der Waals surface area contributed by atoms with Crippen molar-refractivity contribution in [3.8, 4) is 0 Å². The van der Waals surface area contributed by atoms with Crippen LogP contribution in [0.15, 0.2) is 42.5 Å². The van der Waals surface area contributed by atoms with Crippen molar-refractivity contribution in [1.29, 1.82) is 0 Å². The number of amides is 1. The summed E-state index contributed by atoms with van der Waals surface area (Å²) in [5, 5.41) is 12.1. The Balaban J connectivity index is 1.23. The van der Waals surface area contributed by atoms with Gasteiger partial charge in [-0.05, 0) is 86.4 Å². The minimum atomic E-state index is -0.109. The first-order valence-corrected chi connectivity index (χ1v) is 13.9. The number of thiocarbonyl (C=S) groups is 1. The second kappa shape index (κ2) is 15.0. The Kier molecular flexibility index (Phi) is 12.1. The third-order valence-electron chi connectivity index (χ3n) is 5.92. The van der Waals surface area contributed by atoms with Gasteiger partial charge in [0.05, 0.1) is 20.1 Å². The first-order valence-electron chi connectivity index (χ1n) is 12.0. The van der Waals surface area contributed by atoms with Crippen LogP contribution in [0.25, 0.3) is 6.08 Å². The van der Waals surface area contributed by atoms with E-state index in [1.54, 1.807) is 30.3 Å². The van der Waals surface area contributed by atoms with Gasteiger partial charge in [0.25, 0.3) is 0 Å². The smallest absolute Gasteiger partial charge is 0.243 e. The Bertz CT molecular complexity index is 1070. The number of rotatable bonds is 10. The van der Waals surface area contributed by atoms with Crippen molar-refractivity contribution in [2.24, 2.45) is 0 Å². The monoisotopic (exact) mass is 586 g/mol. The summed E-state index contributed by atoms with van der Waals surface area (Å²) in [6.07, 6.45) is 8.49. The molecule has 1 amide bonds. The molecule has 1 fully saturated rings. The number of likely N-dealkylation sites (tertiary alicyclic amines) is 1. The molecule has 1 saturated heterocycles. The number of hydrogen-bond donors (Lipinski definition) is 3. The van der Waals surface area contributed by atoms with Crippen LogP contribution in [-0.4, -0.2) is 48.1 Å². The quantitative estimate of drug-likeness (QED) is 0.158. The van der Waals surface area contributed by atoms with Crippen LogP contribution in [0.4, 0.5) is 5.69 Å². The maximum Gasteiger partial charge on any atom is 0.243 e. The summed E-state index contributed by atoms with van der Waals surface area (Å²) in [6.45, 7) is 3.83. The molecule has 0 radical (unpaired) electrons. The van der Waals surface area contributed by atoms with Gasteiger partial charge < -0.3 is 20.9 Å². The van der Waals surface area contributed by atoms with E-state index in [1.807, 2.05) is 12.1 Å². The summed E-state index contributed by atoms with van der Waals surface area (Å²) in [6, 6.07) is 11.0. The zero-order valence-electron chi connectivity index (χ0n) is 19.8. The number of benzene rings is 2. The average Bonchev–Trinajstić information content (AvgIpc) is 2.85. The molecule has 3 rings (SSSR count). The van der Waals surface area contributed by atoms with Gasteiger partial charge in [0, 0.05) is 37.4 Å². The van der Waals surface area contributed by atoms with E-state index < -0.39 is 0 Å². The highest BCUT2D eigenvalue weighted by Gasteiger charge is 2.19. The lowest BCUT2D eigenvalue weighted by Gasteiger charge is -2.33. The van der Waals surface area contributed by atoms with E-state index in [0.29, 0.717) is 37.8 Å². The molecule has 0 aliphatic carbocycles. The maximum absolute atomic E-state index is 12.0. The molecule has 1 aliphatic heterocycles. The van der Waals surface area contributed by atoms with Crippen molar-refractivity contribution >= 4 is 81.4 Å². The fourth-order valence-electron chi connectivity index (χ4n) is 3.92. The van der Waals surface area contributed by atoms with Crippen LogP contribution in [0.1, 0.15) is 37.7 Å². The van der Waals surface area contributed by atoms with Crippen molar-refractivity contribution in [2.45, 2.75) is 38.1 Å². The van der Waals surface area contributed by atoms with Crippen LogP contribution in [-0.2, 0) is 4.79 Å². The lowest BCUT2D eigenvalue weighted by Crippen LogP contribution is -2.46. The largest absolute Gasteiger partial charge is 0.360 e. The summed E-state index contributed by atoms with van der Waals surface area (Å²) < 4.78 is 0. The Hall–Kier alpha value is -1.54. The molecule has 0 unspecified atom stereocenters. The van der Waals surface area contributed by atoms with Crippen LogP contribution in [0.5, 0.6) is 0 Å². The van der Waals surface area contributed by atoms with E-state index >= 15 is 0 Å². The van der Waals surface area contributed by atoms with Crippen molar-refractivity contribution in [3.63, 3.8) is 0 Å². The topological polar surface area (TPSA) is 56.4 Å². The molecular weight excluding hydrogens is 558 g/mol. The number of nitrogens with one attached hydrogen (secondary N) is 3. The zero-order valence-corrected chi connectivity index (χ0v) is 23.7. The van der Waals surface area contributed by atoms with Gasteiger partial charge in [0.2, 0.25) is 5.91 Å². The predicted molar refractivity (Wildman–Crippen MR) is 158 cm³/mol. The van der Waals surface area contributed by atoms with Crippen LogP contribution in [0, 0.1) is 0 Å². The van der Waals surface area contributed by atoms with Crippen molar-refractivity contribution in [2.75, 3.05) is 31.5 Å². The second-order valence-electron chi connectivity index (χ2n) is 8.70. The number of carbonyl (C=O) groups is 1. The number of carbonyl (C=O) groups excluding carboxylic acids is 1. The summed E-state index contributed by atoms with van der Waals surface area (Å²) in [5.74, 6) is -0.109. The predicted octanol–water partition coefficient (Wildman–Crippen LogP) is 7.05. The highest BCUT2D eigenvalue weighted by Crippen LogP contribution is 2.25. The van der Waals surface area contributed by atoms with Gasteiger partial charge in [0.1, 0.15) is 0 Å². The molecule has 0 aromatic heterocycles. The van der Waals surface area contributed by atoms with Gasteiger partial charge >= 0.3 is 0 Å². The molecular formula is C26H30Cl4N4OS. The molecule has 0 atom stereocenters. The molecule has 1 heterocycles. The van der Waals surface area contributed by atoms with Crippen molar-refractivity contribution in [1.82, 2.24) is 15.5 Å². The minimum Gasteiger partial charge on any atom is -0.360 e. The Labute approximate surface area is 238 Å². The van der Waals surface area contributed by atoms with Gasteiger partial charge in [-0.3, -0.25) is 4.79 Å². The zero-order chi connectivity index (χ0) is 25.9. The molecule has 1 aliphatic rings. The molecule has 10 heteroatoms. The van der Waals surface area contributed by atoms with Crippen molar-refractivity contribution < 1.29 is 4.79 Å². The maximum atomic E-state index is 12.0. The number of anilines is 1. The third-order valence-corrected chi connectivity index (χ3v) is 7.62. The van der Waals surface area contributed by atoms with E-state index in [1.165, 1.54) is 6.08 Å². The molecule has 194 valence electrons. The highest BCUT2D eigenvalue weighted by atomic mass is 35.5. The Morgan fingerprint density at radius 3 is 2.33 bits per heavy atom. The van der Waals surface area contributed by atoms with Crippen LogP contribution in [0.3, 0.4) is 0 Å².